The summed E-state index contributed by atoms with van der Waals surface area (Å²) in [5.41, 5.74) is 0.134. The Morgan fingerprint density at radius 2 is 1.73 bits per heavy atom. The van der Waals surface area contributed by atoms with Gasteiger partial charge in [0.1, 0.15) is 0 Å². The highest BCUT2D eigenvalue weighted by Crippen LogP contribution is 2.65. The lowest BCUT2D eigenvalue weighted by molar-refractivity contribution is -0.111. The minimum Gasteiger partial charge on any atom is -0.396 e. The largest absolute Gasteiger partial charge is 0.396 e. The highest BCUT2D eigenvalue weighted by atomic mass is 16.3. The Bertz CT molecular complexity index is 504. The van der Waals surface area contributed by atoms with E-state index in [0.717, 1.165) is 61.2 Å². The van der Waals surface area contributed by atoms with E-state index in [1.807, 2.05) is 0 Å². The van der Waals surface area contributed by atoms with E-state index in [4.69, 9.17) is 0 Å². The lowest BCUT2D eigenvalue weighted by atomic mass is 9.48. The van der Waals surface area contributed by atoms with E-state index in [2.05, 4.69) is 20.8 Å². The van der Waals surface area contributed by atoms with E-state index in [1.165, 1.54) is 44.9 Å². The Morgan fingerprint density at radius 1 is 0.962 bits per heavy atom. The molecule has 4 fully saturated rings. The van der Waals surface area contributed by atoms with Crippen molar-refractivity contribution in [3.63, 3.8) is 0 Å². The second kappa shape index (κ2) is 7.07. The Hall–Kier alpha value is -0.0800. The molecule has 4 aliphatic carbocycles. The van der Waals surface area contributed by atoms with Crippen LogP contribution in [0.3, 0.4) is 0 Å². The van der Waals surface area contributed by atoms with Crippen LogP contribution < -0.4 is 0 Å². The fourth-order valence-corrected chi connectivity index (χ4v) is 8.76. The van der Waals surface area contributed by atoms with Crippen molar-refractivity contribution in [1.82, 2.24) is 0 Å². The van der Waals surface area contributed by atoms with Crippen LogP contribution in [0.4, 0.5) is 0 Å². The maximum Gasteiger partial charge on any atom is 0.0650 e. The molecule has 26 heavy (non-hydrogen) atoms. The van der Waals surface area contributed by atoms with E-state index >= 15 is 0 Å². The van der Waals surface area contributed by atoms with Crippen LogP contribution in [0.5, 0.6) is 0 Å². The van der Waals surface area contributed by atoms with E-state index in [1.54, 1.807) is 0 Å². The van der Waals surface area contributed by atoms with E-state index < -0.39 is 0 Å². The van der Waals surface area contributed by atoms with Crippen molar-refractivity contribution < 1.29 is 10.2 Å². The van der Waals surface area contributed by atoms with Crippen molar-refractivity contribution in [3.05, 3.63) is 0 Å². The minimum atomic E-state index is -0.346. The first kappa shape index (κ1) is 19.2. The van der Waals surface area contributed by atoms with Crippen molar-refractivity contribution in [1.29, 1.82) is 0 Å². The average Bonchev–Trinajstić information content (AvgIpc) is 2.98. The first-order chi connectivity index (χ1) is 12.4. The average molecular weight is 363 g/mol. The lowest BCUT2D eigenvalue weighted by Crippen LogP contribution is -2.51. The summed E-state index contributed by atoms with van der Waals surface area (Å²) in [4.78, 5) is 0. The molecule has 2 nitrogen and oxygen atoms in total. The van der Waals surface area contributed by atoms with Gasteiger partial charge in [-0.1, -0.05) is 27.2 Å². The molecule has 0 saturated heterocycles. The molecule has 9 atom stereocenters. The summed E-state index contributed by atoms with van der Waals surface area (Å²) in [5, 5.41) is 20.8. The summed E-state index contributed by atoms with van der Waals surface area (Å²) >= 11 is 0. The second-order valence-electron chi connectivity index (χ2n) is 11.0. The molecule has 0 spiro atoms. The van der Waals surface area contributed by atoms with Gasteiger partial charge < -0.3 is 10.2 Å². The van der Waals surface area contributed by atoms with Crippen LogP contribution in [0.25, 0.3) is 0 Å². The molecule has 0 radical (unpaired) electrons. The van der Waals surface area contributed by atoms with Gasteiger partial charge in [0.2, 0.25) is 0 Å². The molecule has 0 aromatic carbocycles. The first-order valence-electron chi connectivity index (χ1n) is 11.7. The van der Waals surface area contributed by atoms with Crippen molar-refractivity contribution in [2.45, 2.75) is 97.0 Å². The van der Waals surface area contributed by atoms with Crippen molar-refractivity contribution in [3.8, 4) is 0 Å². The molecular weight excluding hydrogens is 320 g/mol. The molecule has 4 aliphatic rings. The SMILES string of the molecule is CCC[C@@]1(O)CC[C@H]2[C@@H](CC[C@@H]3[C@@H]2CC[C@]2(C)[C@@H](C(C)CO)CC[C@@H]32)C1. The van der Waals surface area contributed by atoms with Crippen molar-refractivity contribution >= 4 is 0 Å². The molecule has 0 bridgehead atoms. The molecule has 1 unspecified atom stereocenters. The van der Waals surface area contributed by atoms with Crippen LogP contribution in [-0.2, 0) is 0 Å². The predicted octanol–water partition coefficient (Wildman–Crippen LogP) is 5.41. The van der Waals surface area contributed by atoms with E-state index in [9.17, 15) is 10.2 Å². The third-order valence-electron chi connectivity index (χ3n) is 9.87. The first-order valence-corrected chi connectivity index (χ1v) is 11.7. The van der Waals surface area contributed by atoms with Gasteiger partial charge in [0, 0.05) is 6.61 Å². The molecule has 2 N–H and O–H groups in total. The van der Waals surface area contributed by atoms with Crippen LogP contribution >= 0.6 is 0 Å². The maximum atomic E-state index is 11.0. The molecule has 0 heterocycles. The summed E-state index contributed by atoms with van der Waals surface area (Å²) in [6.45, 7) is 7.43. The molecule has 2 heteroatoms. The Kier molecular flexibility index (Phi) is 5.23. The quantitative estimate of drug-likeness (QED) is 0.701. The summed E-state index contributed by atoms with van der Waals surface area (Å²) in [7, 11) is 0. The van der Waals surface area contributed by atoms with Crippen molar-refractivity contribution in [2.75, 3.05) is 6.61 Å². The number of hydrogen-bond acceptors (Lipinski definition) is 2. The zero-order valence-corrected chi connectivity index (χ0v) is 17.4. The highest BCUT2D eigenvalue weighted by molar-refractivity contribution is 5.07. The third-order valence-corrected chi connectivity index (χ3v) is 9.87. The van der Waals surface area contributed by atoms with Gasteiger partial charge in [0.25, 0.3) is 0 Å². The smallest absolute Gasteiger partial charge is 0.0650 e. The van der Waals surface area contributed by atoms with E-state index in [-0.39, 0.29) is 5.60 Å². The zero-order valence-electron chi connectivity index (χ0n) is 17.4. The summed E-state index contributed by atoms with van der Waals surface area (Å²) in [5.74, 6) is 5.65. The number of rotatable bonds is 4. The summed E-state index contributed by atoms with van der Waals surface area (Å²) < 4.78 is 0. The second-order valence-corrected chi connectivity index (χ2v) is 11.0. The number of aliphatic hydroxyl groups is 2. The molecule has 4 saturated carbocycles. The van der Waals surface area contributed by atoms with Gasteiger partial charge >= 0.3 is 0 Å². The monoisotopic (exact) mass is 362 g/mol. The number of hydrogen-bond donors (Lipinski definition) is 2. The summed E-state index contributed by atoms with van der Waals surface area (Å²) in [6, 6.07) is 0. The summed E-state index contributed by atoms with van der Waals surface area (Å²) in [6.07, 6.45) is 13.9. The molecule has 0 amide bonds. The van der Waals surface area contributed by atoms with Gasteiger partial charge in [0.05, 0.1) is 5.60 Å². The predicted molar refractivity (Wildman–Crippen MR) is 107 cm³/mol. The van der Waals surface area contributed by atoms with Crippen LogP contribution in [0.1, 0.15) is 91.4 Å². The maximum absolute atomic E-state index is 11.0. The fourth-order valence-electron chi connectivity index (χ4n) is 8.76. The minimum absolute atomic E-state index is 0.346. The zero-order chi connectivity index (χ0) is 18.5. The highest BCUT2D eigenvalue weighted by Gasteiger charge is 2.58. The Labute approximate surface area is 161 Å². The van der Waals surface area contributed by atoms with Gasteiger partial charge in [0.15, 0.2) is 0 Å². The molecular formula is C24H42O2. The van der Waals surface area contributed by atoms with Gasteiger partial charge in [-0.2, -0.15) is 0 Å². The van der Waals surface area contributed by atoms with Gasteiger partial charge in [-0.15, -0.1) is 0 Å². The standard InChI is InChI=1S/C24H42O2/c1-4-11-24(26)13-10-18-17(14-24)5-6-20-19(18)9-12-23(3)21(16(2)15-25)7-8-22(20)23/h16-22,25-26H,4-15H2,1-3H3/t16?,17-,18-,19+,20+,21+,22-,23+,24+/m0/s1. The Morgan fingerprint density at radius 3 is 2.46 bits per heavy atom. The van der Waals surface area contributed by atoms with Crippen LogP contribution in [0.15, 0.2) is 0 Å². The number of fused-ring (bicyclic) bond motifs is 5. The van der Waals surface area contributed by atoms with Crippen molar-refractivity contribution in [2.24, 2.45) is 46.8 Å². The molecule has 150 valence electrons. The topological polar surface area (TPSA) is 40.5 Å². The van der Waals surface area contributed by atoms with Gasteiger partial charge in [-0.05, 0) is 111 Å². The van der Waals surface area contributed by atoms with Crippen LogP contribution in [0.2, 0.25) is 0 Å². The number of aliphatic hydroxyl groups excluding tert-OH is 1. The van der Waals surface area contributed by atoms with E-state index in [0.29, 0.717) is 17.9 Å². The van der Waals surface area contributed by atoms with Crippen LogP contribution in [0, 0.1) is 46.8 Å². The molecule has 0 aromatic rings. The molecule has 0 aromatic heterocycles. The van der Waals surface area contributed by atoms with Gasteiger partial charge in [-0.3, -0.25) is 0 Å². The fraction of sp³-hybridized carbons (Fsp3) is 1.00. The lowest BCUT2D eigenvalue weighted by Gasteiger charge is -2.57. The van der Waals surface area contributed by atoms with Gasteiger partial charge in [-0.25, -0.2) is 0 Å². The van der Waals surface area contributed by atoms with Crippen LogP contribution in [-0.4, -0.2) is 22.4 Å². The molecule has 0 aliphatic heterocycles. The normalized spacial score (nSPS) is 52.0. The third kappa shape index (κ3) is 2.98. The molecule has 4 rings (SSSR count). The Balaban J connectivity index is 1.49.